The fourth-order valence-corrected chi connectivity index (χ4v) is 10.4. The van der Waals surface area contributed by atoms with Gasteiger partial charge >= 0.3 is 11.9 Å². The van der Waals surface area contributed by atoms with Crippen molar-refractivity contribution in [1.82, 2.24) is 19.1 Å². The van der Waals surface area contributed by atoms with Crippen molar-refractivity contribution in [3.05, 3.63) is 135 Å². The van der Waals surface area contributed by atoms with E-state index in [0.29, 0.717) is 53.1 Å². The third kappa shape index (κ3) is 9.75. The lowest BCUT2D eigenvalue weighted by Gasteiger charge is -2.21. The highest BCUT2D eigenvalue weighted by molar-refractivity contribution is 5.91. The molecule has 0 saturated heterocycles. The Balaban J connectivity index is 0.000000158. The van der Waals surface area contributed by atoms with Crippen molar-refractivity contribution in [3.8, 4) is 0 Å². The molecule has 10 rings (SSSR count). The summed E-state index contributed by atoms with van der Waals surface area (Å²) < 4.78 is 4.39. The van der Waals surface area contributed by atoms with E-state index in [1.165, 1.54) is 104 Å². The second kappa shape index (κ2) is 18.5. The van der Waals surface area contributed by atoms with E-state index in [1.54, 1.807) is 0 Å². The second-order valence-electron chi connectivity index (χ2n) is 19.0. The van der Waals surface area contributed by atoms with Crippen LogP contribution in [-0.2, 0) is 33.4 Å². The van der Waals surface area contributed by atoms with Crippen molar-refractivity contribution >= 4 is 39.8 Å². The summed E-state index contributed by atoms with van der Waals surface area (Å²) >= 11 is 0. The maximum Gasteiger partial charge on any atom is 0.337 e. The van der Waals surface area contributed by atoms with Crippen molar-refractivity contribution in [3.63, 3.8) is 0 Å². The van der Waals surface area contributed by atoms with Crippen LogP contribution in [0.1, 0.15) is 174 Å². The fraction of sp³-hybridized carbons (Fsp3) is 0.444. The van der Waals surface area contributed by atoms with Gasteiger partial charge in [-0.25, -0.2) is 9.59 Å². The molecule has 0 amide bonds. The summed E-state index contributed by atoms with van der Waals surface area (Å²) in [5.74, 6) is 0.765. The number of hydrogen-bond donors (Lipinski definition) is 2. The first-order valence-electron chi connectivity index (χ1n) is 23.4. The van der Waals surface area contributed by atoms with Crippen LogP contribution in [0.5, 0.6) is 0 Å². The van der Waals surface area contributed by atoms with Gasteiger partial charge in [0.25, 0.3) is 0 Å². The minimum atomic E-state index is -0.886. The number of carboxylic acids is 2. The quantitative estimate of drug-likeness (QED) is 0.120. The lowest BCUT2D eigenvalue weighted by Crippen LogP contribution is -2.09. The summed E-state index contributed by atoms with van der Waals surface area (Å²) in [6.45, 7) is 0. The van der Waals surface area contributed by atoms with E-state index in [1.807, 2.05) is 24.5 Å². The molecule has 2 N–H and O–H groups in total. The molecule has 0 bridgehead atoms. The predicted molar refractivity (Wildman–Crippen MR) is 248 cm³/mol. The molecule has 8 heteroatoms. The standard InChI is InChI=1S/C27H32N2O2.C27H30N2O2/c2*1-29-12-11-22-14-19(13-21(26(22)29)8-7-18-5-3-2-4-6-18)15-25-24(27(30)31)16-23(17-28-25)20-9-10-20/h11-14,16-18,20H,2-10,15H2,1H3,(H,30,31);7-8,11-14,16-18,20H,2-6,9-10,15H2,1H3,(H,30,31)/b;8-7+. The zero-order valence-corrected chi connectivity index (χ0v) is 36.6. The number of nitrogens with zero attached hydrogens (tertiary/aromatic N) is 4. The number of pyridine rings is 2. The SMILES string of the molecule is Cn1ccc2cc(Cc3ncc(C4CC4)cc3C(=O)O)cc(/C=C/C3CCCCC3)c21.Cn1ccc2cc(Cc3ncc(C4CC4)cc3C(=O)O)cc(CCC3CCCCC3)c21. The Labute approximate surface area is 366 Å². The number of benzene rings is 2. The number of aromatic nitrogens is 4. The van der Waals surface area contributed by atoms with E-state index in [2.05, 4.69) is 94.1 Å². The predicted octanol–water partition coefficient (Wildman–Crippen LogP) is 12.6. The molecule has 4 aromatic heterocycles. The van der Waals surface area contributed by atoms with Crippen LogP contribution < -0.4 is 0 Å². The smallest absolute Gasteiger partial charge is 0.337 e. The van der Waals surface area contributed by atoms with E-state index in [4.69, 9.17) is 0 Å². The largest absolute Gasteiger partial charge is 0.478 e. The molecule has 0 atom stereocenters. The van der Waals surface area contributed by atoms with Gasteiger partial charge in [-0.1, -0.05) is 69.6 Å². The molecule has 6 aromatic rings. The lowest BCUT2D eigenvalue weighted by molar-refractivity contribution is 0.0684. The Morgan fingerprint density at radius 2 is 1.16 bits per heavy atom. The van der Waals surface area contributed by atoms with Gasteiger partial charge in [-0.15, -0.1) is 0 Å². The van der Waals surface area contributed by atoms with Crippen molar-refractivity contribution < 1.29 is 19.8 Å². The number of carboxylic acid groups (broad SMARTS) is 2. The van der Waals surface area contributed by atoms with Gasteiger partial charge in [0.05, 0.1) is 33.5 Å². The Kier molecular flexibility index (Phi) is 12.5. The third-order valence-corrected chi connectivity index (χ3v) is 14.2. The number of aromatic carboxylic acids is 2. The highest BCUT2D eigenvalue weighted by atomic mass is 16.4. The zero-order chi connectivity index (χ0) is 42.7. The fourth-order valence-electron chi connectivity index (χ4n) is 10.4. The summed E-state index contributed by atoms with van der Waals surface area (Å²) in [5.41, 5.74) is 11.6. The summed E-state index contributed by atoms with van der Waals surface area (Å²) in [4.78, 5) is 33.0. The molecule has 4 fully saturated rings. The van der Waals surface area contributed by atoms with Crippen molar-refractivity contribution in [2.24, 2.45) is 25.9 Å². The molecule has 0 unspecified atom stereocenters. The molecule has 62 heavy (non-hydrogen) atoms. The number of hydrogen-bond acceptors (Lipinski definition) is 4. The molecule has 4 saturated carbocycles. The van der Waals surface area contributed by atoms with E-state index in [-0.39, 0.29) is 0 Å². The maximum atomic E-state index is 11.9. The van der Waals surface area contributed by atoms with Crippen LogP contribution in [0.3, 0.4) is 0 Å². The van der Waals surface area contributed by atoms with Crippen LogP contribution in [0.4, 0.5) is 0 Å². The van der Waals surface area contributed by atoms with Gasteiger partial charge in [0.15, 0.2) is 0 Å². The second-order valence-corrected chi connectivity index (χ2v) is 19.0. The molecule has 8 nitrogen and oxygen atoms in total. The van der Waals surface area contributed by atoms with Crippen LogP contribution >= 0.6 is 0 Å². The number of rotatable bonds is 13. The zero-order valence-electron chi connectivity index (χ0n) is 36.6. The normalized spacial score (nSPS) is 17.5. The Morgan fingerprint density at radius 3 is 1.71 bits per heavy atom. The van der Waals surface area contributed by atoms with Gasteiger partial charge in [0, 0.05) is 62.5 Å². The minimum absolute atomic E-state index is 0.344. The van der Waals surface area contributed by atoms with Crippen molar-refractivity contribution in [1.29, 1.82) is 0 Å². The van der Waals surface area contributed by atoms with E-state index >= 15 is 0 Å². The summed E-state index contributed by atoms with van der Waals surface area (Å²) in [6.07, 6.45) is 34.2. The average molecular weight is 831 g/mol. The van der Waals surface area contributed by atoms with Gasteiger partial charge in [0.2, 0.25) is 0 Å². The number of carbonyl (C=O) groups is 2. The summed E-state index contributed by atoms with van der Waals surface area (Å²) in [6, 6.07) is 16.9. The summed E-state index contributed by atoms with van der Waals surface area (Å²) in [5, 5.41) is 22.0. The van der Waals surface area contributed by atoms with Crippen LogP contribution in [0, 0.1) is 11.8 Å². The molecule has 0 spiro atoms. The molecule has 0 radical (unpaired) electrons. The Bertz CT molecular complexity index is 2610. The molecule has 4 aliphatic rings. The van der Waals surface area contributed by atoms with Crippen LogP contribution in [0.2, 0.25) is 0 Å². The molecule has 4 aliphatic carbocycles. The minimum Gasteiger partial charge on any atom is -0.478 e. The van der Waals surface area contributed by atoms with Crippen molar-refractivity contribution in [2.75, 3.05) is 0 Å². The average Bonchev–Trinajstić information content (AvgIpc) is 4.23. The van der Waals surface area contributed by atoms with Gasteiger partial charge in [-0.2, -0.15) is 0 Å². The van der Waals surface area contributed by atoms with Crippen LogP contribution in [0.15, 0.2) is 79.4 Å². The monoisotopic (exact) mass is 830 g/mol. The molecule has 322 valence electrons. The topological polar surface area (TPSA) is 110 Å². The molecule has 4 heterocycles. The Hall–Kier alpha value is -5.50. The molecule has 2 aromatic carbocycles. The first-order valence-corrected chi connectivity index (χ1v) is 23.4. The molecular weight excluding hydrogens is 769 g/mol. The van der Waals surface area contributed by atoms with Gasteiger partial charge in [-0.05, 0) is 151 Å². The number of aryl methyl sites for hydroxylation is 3. The van der Waals surface area contributed by atoms with Gasteiger partial charge in [-0.3, -0.25) is 9.97 Å². The van der Waals surface area contributed by atoms with E-state index in [9.17, 15) is 19.8 Å². The van der Waals surface area contributed by atoms with Crippen LogP contribution in [-0.4, -0.2) is 41.3 Å². The first-order chi connectivity index (χ1) is 30.2. The van der Waals surface area contributed by atoms with E-state index in [0.717, 1.165) is 60.3 Å². The van der Waals surface area contributed by atoms with E-state index < -0.39 is 11.9 Å². The van der Waals surface area contributed by atoms with Crippen LogP contribution in [0.25, 0.3) is 27.9 Å². The number of fused-ring (bicyclic) bond motifs is 2. The molecule has 0 aliphatic heterocycles. The molecular formula is C54H62N4O4. The number of allylic oxidation sites excluding steroid dienone is 1. The summed E-state index contributed by atoms with van der Waals surface area (Å²) in [7, 11) is 4.20. The van der Waals surface area contributed by atoms with Gasteiger partial charge < -0.3 is 19.3 Å². The third-order valence-electron chi connectivity index (χ3n) is 14.2. The lowest BCUT2D eigenvalue weighted by atomic mass is 9.85. The highest BCUT2D eigenvalue weighted by Crippen LogP contribution is 2.41. The van der Waals surface area contributed by atoms with Gasteiger partial charge in [0.1, 0.15) is 0 Å². The maximum absolute atomic E-state index is 11.9. The highest BCUT2D eigenvalue weighted by Gasteiger charge is 2.27. The Morgan fingerprint density at radius 1 is 0.645 bits per heavy atom. The van der Waals surface area contributed by atoms with Crippen molar-refractivity contribution in [2.45, 2.75) is 127 Å². The first kappa shape index (κ1) is 41.8.